The van der Waals surface area contributed by atoms with Gasteiger partial charge in [0.05, 0.1) is 5.69 Å². The van der Waals surface area contributed by atoms with Crippen LogP contribution < -0.4 is 5.73 Å². The van der Waals surface area contributed by atoms with Crippen molar-refractivity contribution in [2.24, 2.45) is 0 Å². The molecule has 12 heavy (non-hydrogen) atoms. The molecule has 0 amide bonds. The summed E-state index contributed by atoms with van der Waals surface area (Å²) in [5.74, 6) is 0.443. The Kier molecular flexibility index (Phi) is 2.13. The maximum atomic E-state index is 5.41. The molecule has 0 unspecified atom stereocenters. The zero-order valence-corrected chi connectivity index (χ0v) is 7.41. The normalized spacial score (nSPS) is 11.2. The smallest absolute Gasteiger partial charge is 0.146 e. The summed E-state index contributed by atoms with van der Waals surface area (Å²) in [7, 11) is 0. The second kappa shape index (κ2) is 2.93. The number of rotatable bonds is 2. The fourth-order valence-corrected chi connectivity index (χ4v) is 0.791. The average Bonchev–Trinajstić information content (AvgIpc) is 2.05. The number of nitrogen functional groups attached to an aromatic ring is 1. The number of nitrogens with two attached hydrogens (primary N) is 1. The summed E-state index contributed by atoms with van der Waals surface area (Å²) in [5, 5.41) is 7.75. The lowest BCUT2D eigenvalue weighted by Crippen LogP contribution is -2.15. The Hall–Kier alpha value is -1.38. The van der Waals surface area contributed by atoms with Crippen molar-refractivity contribution >= 4 is 5.82 Å². The monoisotopic (exact) mass is 163 g/mol. The van der Waals surface area contributed by atoms with Crippen molar-refractivity contribution in [2.75, 3.05) is 5.73 Å². The highest BCUT2D eigenvalue weighted by atomic mass is 15.1. The Balaban J connectivity index is 3.04. The highest BCUT2D eigenvalue weighted by Gasteiger charge is 2.17. The summed E-state index contributed by atoms with van der Waals surface area (Å²) in [6.45, 7) is 7.79. The number of hydrogen-bond acceptors (Lipinski definition) is 3. The first kappa shape index (κ1) is 8.71. The van der Waals surface area contributed by atoms with Gasteiger partial charge >= 0.3 is 0 Å². The van der Waals surface area contributed by atoms with E-state index in [9.17, 15) is 0 Å². The predicted octanol–water partition coefficient (Wildman–Crippen LogP) is 1.52. The van der Waals surface area contributed by atoms with E-state index in [1.807, 2.05) is 26.0 Å². The summed E-state index contributed by atoms with van der Waals surface area (Å²) < 4.78 is 0. The van der Waals surface area contributed by atoms with E-state index >= 15 is 0 Å². The van der Waals surface area contributed by atoms with Crippen molar-refractivity contribution in [1.29, 1.82) is 0 Å². The van der Waals surface area contributed by atoms with Crippen molar-refractivity contribution in [3.8, 4) is 0 Å². The Labute approximate surface area is 72.3 Å². The van der Waals surface area contributed by atoms with Crippen LogP contribution in [0.15, 0.2) is 24.8 Å². The van der Waals surface area contributed by atoms with E-state index in [-0.39, 0.29) is 5.41 Å². The Morgan fingerprint density at radius 1 is 1.42 bits per heavy atom. The van der Waals surface area contributed by atoms with Gasteiger partial charge in [-0.25, -0.2) is 0 Å². The van der Waals surface area contributed by atoms with E-state index < -0.39 is 0 Å². The molecule has 1 aromatic rings. The van der Waals surface area contributed by atoms with E-state index in [0.717, 1.165) is 5.69 Å². The molecule has 64 valence electrons. The molecule has 0 aliphatic carbocycles. The van der Waals surface area contributed by atoms with Crippen molar-refractivity contribution in [2.45, 2.75) is 19.3 Å². The number of anilines is 1. The minimum atomic E-state index is -0.138. The summed E-state index contributed by atoms with van der Waals surface area (Å²) in [4.78, 5) is 0. The molecule has 0 atom stereocenters. The van der Waals surface area contributed by atoms with Crippen LogP contribution in [-0.4, -0.2) is 10.2 Å². The fourth-order valence-electron chi connectivity index (χ4n) is 0.791. The highest BCUT2D eigenvalue weighted by molar-refractivity contribution is 5.29. The van der Waals surface area contributed by atoms with Gasteiger partial charge in [0.1, 0.15) is 5.82 Å². The number of nitrogens with zero attached hydrogens (tertiary/aromatic N) is 2. The zero-order valence-electron chi connectivity index (χ0n) is 7.41. The molecule has 0 aromatic carbocycles. The third kappa shape index (κ3) is 1.61. The molecule has 0 bridgehead atoms. The molecular formula is C9H13N3. The molecule has 0 saturated heterocycles. The second-order valence-corrected chi connectivity index (χ2v) is 3.27. The van der Waals surface area contributed by atoms with Crippen LogP contribution in [0.25, 0.3) is 0 Å². The topological polar surface area (TPSA) is 51.8 Å². The fraction of sp³-hybridized carbons (Fsp3) is 0.333. The highest BCUT2D eigenvalue weighted by Crippen LogP contribution is 2.21. The third-order valence-electron chi connectivity index (χ3n) is 1.86. The van der Waals surface area contributed by atoms with Crippen molar-refractivity contribution in [1.82, 2.24) is 10.2 Å². The molecule has 3 heteroatoms. The lowest BCUT2D eigenvalue weighted by atomic mass is 9.89. The maximum absolute atomic E-state index is 5.41. The molecule has 0 fully saturated rings. The summed E-state index contributed by atoms with van der Waals surface area (Å²) in [5.41, 5.74) is 6.15. The molecule has 0 aliphatic rings. The van der Waals surface area contributed by atoms with Gasteiger partial charge in [0.15, 0.2) is 0 Å². The van der Waals surface area contributed by atoms with Crippen LogP contribution in [0.5, 0.6) is 0 Å². The number of hydrogen-bond donors (Lipinski definition) is 1. The third-order valence-corrected chi connectivity index (χ3v) is 1.86. The average molecular weight is 163 g/mol. The van der Waals surface area contributed by atoms with Gasteiger partial charge in [0.25, 0.3) is 0 Å². The van der Waals surface area contributed by atoms with Crippen LogP contribution in [0.2, 0.25) is 0 Å². The van der Waals surface area contributed by atoms with E-state index in [2.05, 4.69) is 16.8 Å². The summed E-state index contributed by atoms with van der Waals surface area (Å²) in [6.07, 6.45) is 1.84. The SMILES string of the molecule is C=CC(C)(C)c1ccc(N)nn1. The second-order valence-electron chi connectivity index (χ2n) is 3.27. The first-order chi connectivity index (χ1) is 5.56. The standard InChI is InChI=1S/C9H13N3/c1-4-9(2,3)7-5-6-8(10)12-11-7/h4-6H,1H2,2-3H3,(H2,10,12). The van der Waals surface area contributed by atoms with Gasteiger partial charge < -0.3 is 5.73 Å². The van der Waals surface area contributed by atoms with Crippen LogP contribution in [-0.2, 0) is 5.41 Å². The molecular weight excluding hydrogens is 150 g/mol. The van der Waals surface area contributed by atoms with Crippen LogP contribution in [0.4, 0.5) is 5.82 Å². The Morgan fingerprint density at radius 3 is 2.50 bits per heavy atom. The molecule has 0 saturated carbocycles. The van der Waals surface area contributed by atoms with E-state index in [0.29, 0.717) is 5.82 Å². The number of aromatic nitrogens is 2. The van der Waals surface area contributed by atoms with Gasteiger partial charge in [0, 0.05) is 5.41 Å². The summed E-state index contributed by atoms with van der Waals surface area (Å²) >= 11 is 0. The van der Waals surface area contributed by atoms with Crippen molar-refractivity contribution in [3.63, 3.8) is 0 Å². The number of allylic oxidation sites excluding steroid dienone is 1. The molecule has 0 radical (unpaired) electrons. The first-order valence-corrected chi connectivity index (χ1v) is 3.79. The maximum Gasteiger partial charge on any atom is 0.146 e. The van der Waals surface area contributed by atoms with E-state index in [4.69, 9.17) is 5.73 Å². The molecule has 1 heterocycles. The minimum absolute atomic E-state index is 0.138. The predicted molar refractivity (Wildman–Crippen MR) is 49.7 cm³/mol. The van der Waals surface area contributed by atoms with Crippen LogP contribution >= 0.6 is 0 Å². The molecule has 1 aromatic heterocycles. The van der Waals surface area contributed by atoms with E-state index in [1.165, 1.54) is 0 Å². The van der Waals surface area contributed by atoms with Gasteiger partial charge in [-0.05, 0) is 12.1 Å². The molecule has 2 N–H and O–H groups in total. The van der Waals surface area contributed by atoms with Crippen LogP contribution in [0.1, 0.15) is 19.5 Å². The van der Waals surface area contributed by atoms with Crippen molar-refractivity contribution in [3.05, 3.63) is 30.5 Å². The van der Waals surface area contributed by atoms with Gasteiger partial charge in [-0.2, -0.15) is 5.10 Å². The Morgan fingerprint density at radius 2 is 2.08 bits per heavy atom. The first-order valence-electron chi connectivity index (χ1n) is 3.79. The summed E-state index contributed by atoms with van der Waals surface area (Å²) in [6, 6.07) is 3.61. The zero-order chi connectivity index (χ0) is 9.19. The Bertz CT molecular complexity index is 274. The molecule has 1 rings (SSSR count). The van der Waals surface area contributed by atoms with Gasteiger partial charge in [-0.15, -0.1) is 11.7 Å². The van der Waals surface area contributed by atoms with Gasteiger partial charge in [-0.1, -0.05) is 19.9 Å². The lowest BCUT2D eigenvalue weighted by molar-refractivity contribution is 0.631. The molecule has 3 nitrogen and oxygen atoms in total. The van der Waals surface area contributed by atoms with Gasteiger partial charge in [-0.3, -0.25) is 0 Å². The van der Waals surface area contributed by atoms with Gasteiger partial charge in [0.2, 0.25) is 0 Å². The largest absolute Gasteiger partial charge is 0.382 e. The quantitative estimate of drug-likeness (QED) is 0.672. The molecule has 0 spiro atoms. The lowest BCUT2D eigenvalue weighted by Gasteiger charge is -2.17. The van der Waals surface area contributed by atoms with E-state index in [1.54, 1.807) is 6.07 Å². The van der Waals surface area contributed by atoms with Crippen LogP contribution in [0, 0.1) is 0 Å². The van der Waals surface area contributed by atoms with Crippen LogP contribution in [0.3, 0.4) is 0 Å². The molecule has 0 aliphatic heterocycles. The minimum Gasteiger partial charge on any atom is -0.382 e. The van der Waals surface area contributed by atoms with Crippen molar-refractivity contribution < 1.29 is 0 Å².